The number of hydrogen-bond acceptors (Lipinski definition) is 4. The molecular formula is C18H21ClN4S. The van der Waals surface area contributed by atoms with Crippen LogP contribution in [0.3, 0.4) is 0 Å². The van der Waals surface area contributed by atoms with Crippen molar-refractivity contribution in [2.24, 2.45) is 16.6 Å². The molecule has 0 aliphatic heterocycles. The van der Waals surface area contributed by atoms with Gasteiger partial charge in [0.15, 0.2) is 0 Å². The van der Waals surface area contributed by atoms with Crippen molar-refractivity contribution in [3.8, 4) is 16.5 Å². The smallest absolute Gasteiger partial charge is 0.101 e. The summed E-state index contributed by atoms with van der Waals surface area (Å²) in [5.74, 6) is 0.809. The lowest BCUT2D eigenvalue weighted by atomic mass is 9.97. The van der Waals surface area contributed by atoms with Gasteiger partial charge >= 0.3 is 0 Å². The lowest BCUT2D eigenvalue weighted by molar-refractivity contribution is 0.486. The van der Waals surface area contributed by atoms with Gasteiger partial charge in [0, 0.05) is 28.8 Å². The third-order valence-corrected chi connectivity index (χ3v) is 5.83. The van der Waals surface area contributed by atoms with Gasteiger partial charge in [0.1, 0.15) is 6.07 Å². The van der Waals surface area contributed by atoms with Crippen molar-refractivity contribution in [3.63, 3.8) is 0 Å². The summed E-state index contributed by atoms with van der Waals surface area (Å²) in [6.07, 6.45) is 4.07. The molecule has 2 aromatic heterocycles. The molecule has 2 heterocycles. The minimum absolute atomic E-state index is 0.186. The zero-order valence-corrected chi connectivity index (χ0v) is 15.9. The Balaban J connectivity index is 2.50. The van der Waals surface area contributed by atoms with Crippen LogP contribution in [0.2, 0.25) is 5.02 Å². The summed E-state index contributed by atoms with van der Waals surface area (Å²) >= 11 is 8.08. The van der Waals surface area contributed by atoms with Crippen molar-refractivity contribution >= 4 is 28.8 Å². The molecule has 0 saturated heterocycles. The second-order valence-corrected chi connectivity index (χ2v) is 7.64. The van der Waals surface area contributed by atoms with Crippen molar-refractivity contribution in [1.82, 2.24) is 4.98 Å². The first-order chi connectivity index (χ1) is 11.3. The number of aromatic nitrogens is 1. The summed E-state index contributed by atoms with van der Waals surface area (Å²) in [6, 6.07) is 5.83. The van der Waals surface area contributed by atoms with Gasteiger partial charge in [-0.3, -0.25) is 9.98 Å². The number of amidine groups is 1. The maximum Gasteiger partial charge on any atom is 0.101 e. The molecule has 24 heavy (non-hydrogen) atoms. The maximum absolute atomic E-state index is 9.04. The standard InChI is InChI=1S/C18H21ClN4S/c1-5-18(4,23-17(21)11(2)3)16-14(19)7-15(24-16)13-6-12(8-20)9-22-10-13/h6-7,9-11H,5H2,1-4H3,(H2,21,23)/t18-/m0/s1. The predicted octanol–water partition coefficient (Wildman–Crippen LogP) is 4.97. The normalized spacial score (nSPS) is 14.5. The Morgan fingerprint density at radius 2 is 2.17 bits per heavy atom. The van der Waals surface area contributed by atoms with E-state index in [2.05, 4.69) is 18.0 Å². The van der Waals surface area contributed by atoms with Crippen LogP contribution in [0.25, 0.3) is 10.4 Å². The molecule has 0 aromatic carbocycles. The van der Waals surface area contributed by atoms with Gasteiger partial charge in [0.05, 0.1) is 26.8 Å². The van der Waals surface area contributed by atoms with Gasteiger partial charge in [0.25, 0.3) is 0 Å². The van der Waals surface area contributed by atoms with Crippen molar-refractivity contribution in [1.29, 1.82) is 5.26 Å². The first-order valence-corrected chi connectivity index (χ1v) is 9.00. The van der Waals surface area contributed by atoms with E-state index in [0.29, 0.717) is 16.4 Å². The molecule has 0 fully saturated rings. The number of halogens is 1. The zero-order chi connectivity index (χ0) is 17.9. The SMILES string of the molecule is CC[C@](C)(N=C(N)C(C)C)c1sc(-c2cncc(C#N)c2)cc1Cl. The number of hydrogen-bond donors (Lipinski definition) is 1. The molecule has 0 bridgehead atoms. The Morgan fingerprint density at radius 3 is 2.75 bits per heavy atom. The number of nitriles is 1. The molecule has 4 nitrogen and oxygen atoms in total. The average Bonchev–Trinajstić information content (AvgIpc) is 2.97. The average molecular weight is 361 g/mol. The first kappa shape index (κ1) is 18.4. The Labute approximate surface area is 152 Å². The molecule has 6 heteroatoms. The molecule has 126 valence electrons. The van der Waals surface area contributed by atoms with Crippen molar-refractivity contribution in [3.05, 3.63) is 40.0 Å². The third-order valence-electron chi connectivity index (χ3n) is 3.98. The fourth-order valence-electron chi connectivity index (χ4n) is 2.22. The van der Waals surface area contributed by atoms with Crippen LogP contribution in [0.4, 0.5) is 0 Å². The third kappa shape index (κ3) is 3.77. The minimum atomic E-state index is -0.464. The largest absolute Gasteiger partial charge is 0.387 e. The Bertz CT molecular complexity index is 804. The molecule has 2 N–H and O–H groups in total. The highest BCUT2D eigenvalue weighted by Gasteiger charge is 2.30. The lowest BCUT2D eigenvalue weighted by Gasteiger charge is -2.24. The van der Waals surface area contributed by atoms with E-state index in [4.69, 9.17) is 27.6 Å². The fraction of sp³-hybridized carbons (Fsp3) is 0.389. The van der Waals surface area contributed by atoms with Gasteiger partial charge in [-0.05, 0) is 25.5 Å². The summed E-state index contributed by atoms with van der Waals surface area (Å²) in [5.41, 5.74) is 7.03. The summed E-state index contributed by atoms with van der Waals surface area (Å²) in [6.45, 7) is 8.17. The molecule has 2 aromatic rings. The van der Waals surface area contributed by atoms with Crippen LogP contribution in [0, 0.1) is 17.2 Å². The summed E-state index contributed by atoms with van der Waals surface area (Å²) in [7, 11) is 0. The number of aliphatic imine (C=N–C) groups is 1. The van der Waals surface area contributed by atoms with E-state index in [0.717, 1.165) is 21.7 Å². The van der Waals surface area contributed by atoms with Gasteiger partial charge in [-0.25, -0.2) is 0 Å². The molecule has 0 saturated carbocycles. The molecule has 0 spiro atoms. The number of nitrogens with two attached hydrogens (primary N) is 1. The maximum atomic E-state index is 9.04. The van der Waals surface area contributed by atoms with Crippen LogP contribution < -0.4 is 5.73 Å². The molecule has 0 radical (unpaired) electrons. The van der Waals surface area contributed by atoms with Crippen molar-refractivity contribution < 1.29 is 0 Å². The van der Waals surface area contributed by atoms with E-state index < -0.39 is 5.54 Å². The molecular weight excluding hydrogens is 340 g/mol. The fourth-order valence-corrected chi connectivity index (χ4v) is 3.90. The number of pyridine rings is 1. The van der Waals surface area contributed by atoms with Crippen LogP contribution >= 0.6 is 22.9 Å². The van der Waals surface area contributed by atoms with E-state index in [9.17, 15) is 0 Å². The summed E-state index contributed by atoms with van der Waals surface area (Å²) < 4.78 is 0. The van der Waals surface area contributed by atoms with Crippen LogP contribution in [-0.4, -0.2) is 10.8 Å². The first-order valence-electron chi connectivity index (χ1n) is 7.81. The van der Waals surface area contributed by atoms with E-state index in [-0.39, 0.29) is 5.92 Å². The zero-order valence-electron chi connectivity index (χ0n) is 14.3. The molecule has 0 aliphatic carbocycles. The van der Waals surface area contributed by atoms with Crippen LogP contribution in [0.5, 0.6) is 0 Å². The van der Waals surface area contributed by atoms with Crippen LogP contribution in [0.15, 0.2) is 29.5 Å². The Hall–Kier alpha value is -1.90. The van der Waals surface area contributed by atoms with Gasteiger partial charge in [0.2, 0.25) is 0 Å². The minimum Gasteiger partial charge on any atom is -0.387 e. The van der Waals surface area contributed by atoms with Gasteiger partial charge in [-0.1, -0.05) is 32.4 Å². The number of rotatable bonds is 5. The Kier molecular flexibility index (Phi) is 5.63. The molecule has 0 aliphatic rings. The Morgan fingerprint density at radius 1 is 1.46 bits per heavy atom. The van der Waals surface area contributed by atoms with Gasteiger partial charge in [-0.2, -0.15) is 5.26 Å². The van der Waals surface area contributed by atoms with Crippen molar-refractivity contribution in [2.75, 3.05) is 0 Å². The number of nitrogens with zero attached hydrogens (tertiary/aromatic N) is 3. The lowest BCUT2D eigenvalue weighted by Crippen LogP contribution is -2.26. The van der Waals surface area contributed by atoms with Gasteiger partial charge in [-0.15, -0.1) is 11.3 Å². The van der Waals surface area contributed by atoms with E-state index in [1.807, 2.05) is 32.9 Å². The van der Waals surface area contributed by atoms with Crippen LogP contribution in [0.1, 0.15) is 44.6 Å². The van der Waals surface area contributed by atoms with E-state index >= 15 is 0 Å². The van der Waals surface area contributed by atoms with E-state index in [1.165, 1.54) is 0 Å². The summed E-state index contributed by atoms with van der Waals surface area (Å²) in [4.78, 5) is 10.8. The van der Waals surface area contributed by atoms with E-state index in [1.54, 1.807) is 23.7 Å². The topological polar surface area (TPSA) is 75.1 Å². The molecule has 0 amide bonds. The van der Waals surface area contributed by atoms with Crippen molar-refractivity contribution in [2.45, 2.75) is 39.7 Å². The highest BCUT2D eigenvalue weighted by molar-refractivity contribution is 7.16. The molecule has 0 unspecified atom stereocenters. The highest BCUT2D eigenvalue weighted by Crippen LogP contribution is 2.43. The molecule has 1 atom stereocenters. The van der Waals surface area contributed by atoms with Crippen LogP contribution in [-0.2, 0) is 5.54 Å². The van der Waals surface area contributed by atoms with Gasteiger partial charge < -0.3 is 5.73 Å². The second-order valence-electron chi connectivity index (χ2n) is 6.18. The highest BCUT2D eigenvalue weighted by atomic mass is 35.5. The second kappa shape index (κ2) is 7.33. The quantitative estimate of drug-likeness (QED) is 0.603. The number of thiophene rings is 1. The molecule has 2 rings (SSSR count). The predicted molar refractivity (Wildman–Crippen MR) is 101 cm³/mol. The summed E-state index contributed by atoms with van der Waals surface area (Å²) in [5, 5.41) is 9.71. The monoisotopic (exact) mass is 360 g/mol.